The summed E-state index contributed by atoms with van der Waals surface area (Å²) in [6.45, 7) is 4.03. The van der Waals surface area contributed by atoms with E-state index < -0.39 is 5.41 Å². The second-order valence-corrected chi connectivity index (χ2v) is 8.51. The van der Waals surface area contributed by atoms with Gasteiger partial charge in [-0.15, -0.1) is 0 Å². The standard InChI is InChI=1S/C25H26ClNO2/c1-17(2)29-23-14-13-22(20-7-3-4-8-21(20)23)27-24(28)25(15-5-6-16-25)18-9-11-19(26)12-10-18/h3-4,7-14,17H,5-6,15-16H2,1-2H3,(H,27,28). The number of hydrogen-bond donors (Lipinski definition) is 1. The van der Waals surface area contributed by atoms with Crippen LogP contribution in [0, 0.1) is 0 Å². The maximum atomic E-state index is 13.6. The summed E-state index contributed by atoms with van der Waals surface area (Å²) in [7, 11) is 0. The van der Waals surface area contributed by atoms with Crippen molar-refractivity contribution in [2.24, 2.45) is 0 Å². The van der Waals surface area contributed by atoms with E-state index in [2.05, 4.69) is 5.32 Å². The van der Waals surface area contributed by atoms with Crippen LogP contribution in [-0.2, 0) is 10.2 Å². The fourth-order valence-corrected chi connectivity index (χ4v) is 4.50. The van der Waals surface area contributed by atoms with Crippen molar-refractivity contribution in [1.29, 1.82) is 0 Å². The molecule has 0 saturated heterocycles. The molecular weight excluding hydrogens is 382 g/mol. The van der Waals surface area contributed by atoms with E-state index in [1.807, 2.05) is 74.5 Å². The van der Waals surface area contributed by atoms with Gasteiger partial charge in [0.25, 0.3) is 0 Å². The molecule has 3 nitrogen and oxygen atoms in total. The van der Waals surface area contributed by atoms with E-state index in [0.29, 0.717) is 5.02 Å². The Morgan fingerprint density at radius 2 is 1.62 bits per heavy atom. The van der Waals surface area contributed by atoms with Crippen molar-refractivity contribution in [2.45, 2.75) is 51.0 Å². The van der Waals surface area contributed by atoms with E-state index in [1.54, 1.807) is 0 Å². The highest BCUT2D eigenvalue weighted by molar-refractivity contribution is 6.30. The number of amides is 1. The first-order valence-electron chi connectivity index (χ1n) is 10.3. The van der Waals surface area contributed by atoms with Gasteiger partial charge < -0.3 is 10.1 Å². The summed E-state index contributed by atoms with van der Waals surface area (Å²) in [4.78, 5) is 13.6. The van der Waals surface area contributed by atoms with Crippen LogP contribution in [0.2, 0.25) is 5.02 Å². The number of hydrogen-bond acceptors (Lipinski definition) is 2. The Morgan fingerprint density at radius 3 is 2.28 bits per heavy atom. The van der Waals surface area contributed by atoms with Crippen LogP contribution in [0.4, 0.5) is 5.69 Å². The molecule has 1 saturated carbocycles. The van der Waals surface area contributed by atoms with E-state index in [1.165, 1.54) is 0 Å². The third-order valence-electron chi connectivity index (χ3n) is 5.78. The lowest BCUT2D eigenvalue weighted by Crippen LogP contribution is -2.38. The smallest absolute Gasteiger partial charge is 0.235 e. The number of nitrogens with one attached hydrogen (secondary N) is 1. The minimum absolute atomic E-state index is 0.0556. The summed E-state index contributed by atoms with van der Waals surface area (Å²) < 4.78 is 5.96. The molecule has 1 N–H and O–H groups in total. The van der Waals surface area contributed by atoms with E-state index in [4.69, 9.17) is 16.3 Å². The van der Waals surface area contributed by atoms with Gasteiger partial charge >= 0.3 is 0 Å². The lowest BCUT2D eigenvalue weighted by Gasteiger charge is -2.29. The molecule has 150 valence electrons. The first-order valence-corrected chi connectivity index (χ1v) is 10.6. The Balaban J connectivity index is 1.70. The number of carbonyl (C=O) groups is 1. The maximum absolute atomic E-state index is 13.6. The molecule has 4 heteroatoms. The molecule has 3 aromatic carbocycles. The maximum Gasteiger partial charge on any atom is 0.235 e. The molecule has 3 aromatic rings. The molecule has 1 fully saturated rings. The molecule has 1 amide bonds. The van der Waals surface area contributed by atoms with Crippen molar-refractivity contribution in [2.75, 3.05) is 5.32 Å². The third kappa shape index (κ3) is 3.84. The van der Waals surface area contributed by atoms with Gasteiger partial charge in [-0.25, -0.2) is 0 Å². The molecule has 4 rings (SSSR count). The van der Waals surface area contributed by atoms with Gasteiger partial charge in [0.2, 0.25) is 5.91 Å². The zero-order chi connectivity index (χ0) is 20.4. The van der Waals surface area contributed by atoms with Gasteiger partial charge in [0.15, 0.2) is 0 Å². The summed E-state index contributed by atoms with van der Waals surface area (Å²) in [6, 6.07) is 19.7. The van der Waals surface area contributed by atoms with Gasteiger partial charge in [-0.05, 0) is 56.5 Å². The van der Waals surface area contributed by atoms with Crippen molar-refractivity contribution < 1.29 is 9.53 Å². The number of anilines is 1. The minimum atomic E-state index is -0.501. The zero-order valence-electron chi connectivity index (χ0n) is 16.9. The van der Waals surface area contributed by atoms with Crippen molar-refractivity contribution >= 4 is 34.0 Å². The van der Waals surface area contributed by atoms with Crippen molar-refractivity contribution in [3.8, 4) is 5.75 Å². The van der Waals surface area contributed by atoms with Crippen LogP contribution in [0.15, 0.2) is 60.7 Å². The monoisotopic (exact) mass is 407 g/mol. The highest BCUT2D eigenvalue weighted by Crippen LogP contribution is 2.43. The average molecular weight is 408 g/mol. The highest BCUT2D eigenvalue weighted by Gasteiger charge is 2.42. The van der Waals surface area contributed by atoms with Crippen LogP contribution in [0.3, 0.4) is 0 Å². The Bertz CT molecular complexity index is 1020. The van der Waals surface area contributed by atoms with Gasteiger partial charge in [-0.3, -0.25) is 4.79 Å². The highest BCUT2D eigenvalue weighted by atomic mass is 35.5. The molecule has 1 aliphatic rings. The molecule has 0 aliphatic heterocycles. The predicted octanol–water partition coefficient (Wildman–Crippen LogP) is 6.73. The Labute approximate surface area is 177 Å². The molecule has 0 atom stereocenters. The molecule has 0 bridgehead atoms. The minimum Gasteiger partial charge on any atom is -0.490 e. The number of halogens is 1. The van der Waals surface area contributed by atoms with Gasteiger partial charge in [-0.1, -0.05) is 60.8 Å². The van der Waals surface area contributed by atoms with Crippen LogP contribution in [-0.4, -0.2) is 12.0 Å². The SMILES string of the molecule is CC(C)Oc1ccc(NC(=O)C2(c3ccc(Cl)cc3)CCCC2)c2ccccc12. The number of fused-ring (bicyclic) bond motifs is 1. The predicted molar refractivity (Wildman–Crippen MR) is 120 cm³/mol. The first kappa shape index (κ1) is 19.8. The normalized spacial score (nSPS) is 15.6. The van der Waals surface area contributed by atoms with Crippen molar-refractivity contribution in [3.63, 3.8) is 0 Å². The molecule has 0 unspecified atom stereocenters. The van der Waals surface area contributed by atoms with Crippen LogP contribution in [0.5, 0.6) is 5.75 Å². The largest absolute Gasteiger partial charge is 0.490 e. The van der Waals surface area contributed by atoms with E-state index in [9.17, 15) is 4.79 Å². The van der Waals surface area contributed by atoms with Crippen LogP contribution < -0.4 is 10.1 Å². The Hall–Kier alpha value is -2.52. The number of rotatable bonds is 5. The summed E-state index contributed by atoms with van der Waals surface area (Å²) in [5.41, 5.74) is 1.36. The topological polar surface area (TPSA) is 38.3 Å². The second-order valence-electron chi connectivity index (χ2n) is 8.07. The second kappa shape index (κ2) is 8.08. The number of carbonyl (C=O) groups excluding carboxylic acids is 1. The first-order chi connectivity index (χ1) is 14.0. The number of ether oxygens (including phenoxy) is 1. The van der Waals surface area contributed by atoms with Crippen LogP contribution >= 0.6 is 11.6 Å². The van der Waals surface area contributed by atoms with Crippen LogP contribution in [0.25, 0.3) is 10.8 Å². The molecule has 0 aromatic heterocycles. The Kier molecular flexibility index (Phi) is 5.51. The summed E-state index contributed by atoms with van der Waals surface area (Å²) >= 11 is 6.08. The number of benzene rings is 3. The average Bonchev–Trinajstić information content (AvgIpc) is 3.21. The van der Waals surface area contributed by atoms with E-state index in [-0.39, 0.29) is 12.0 Å². The zero-order valence-corrected chi connectivity index (χ0v) is 17.6. The van der Waals surface area contributed by atoms with Crippen molar-refractivity contribution in [1.82, 2.24) is 0 Å². The fourth-order valence-electron chi connectivity index (χ4n) is 4.37. The van der Waals surface area contributed by atoms with E-state index in [0.717, 1.165) is 53.5 Å². The molecular formula is C25H26ClNO2. The lowest BCUT2D eigenvalue weighted by molar-refractivity contribution is -0.121. The molecule has 1 aliphatic carbocycles. The third-order valence-corrected chi connectivity index (χ3v) is 6.04. The van der Waals surface area contributed by atoms with Gasteiger partial charge in [-0.2, -0.15) is 0 Å². The van der Waals surface area contributed by atoms with Gasteiger partial charge in [0, 0.05) is 21.5 Å². The summed E-state index contributed by atoms with van der Waals surface area (Å²) in [6.07, 6.45) is 3.90. The Morgan fingerprint density at radius 1 is 0.966 bits per heavy atom. The molecule has 29 heavy (non-hydrogen) atoms. The molecule has 0 radical (unpaired) electrons. The van der Waals surface area contributed by atoms with Crippen LogP contribution in [0.1, 0.15) is 45.1 Å². The van der Waals surface area contributed by atoms with E-state index >= 15 is 0 Å². The van der Waals surface area contributed by atoms with Crippen molar-refractivity contribution in [3.05, 3.63) is 71.2 Å². The lowest BCUT2D eigenvalue weighted by atomic mass is 9.78. The van der Waals surface area contributed by atoms with Gasteiger partial charge in [0.05, 0.1) is 11.5 Å². The summed E-state index contributed by atoms with van der Waals surface area (Å²) in [5, 5.41) is 5.92. The van der Waals surface area contributed by atoms with Gasteiger partial charge in [0.1, 0.15) is 5.75 Å². The fraction of sp³-hybridized carbons (Fsp3) is 0.320. The quantitative estimate of drug-likeness (QED) is 0.509. The molecule has 0 spiro atoms. The summed E-state index contributed by atoms with van der Waals surface area (Å²) in [5.74, 6) is 0.891. The molecule has 0 heterocycles.